The van der Waals surface area contributed by atoms with Gasteiger partial charge in [0.05, 0.1) is 23.8 Å². The average molecular weight is 409 g/mol. The Morgan fingerprint density at radius 3 is 2.59 bits per heavy atom. The molecule has 8 heteroatoms. The molecule has 0 fully saturated rings. The smallest absolute Gasteiger partial charge is 0.287 e. The lowest BCUT2D eigenvalue weighted by molar-refractivity contribution is -0.116. The van der Waals surface area contributed by atoms with Gasteiger partial charge in [0.15, 0.2) is 5.76 Å². The number of halogens is 1. The van der Waals surface area contributed by atoms with E-state index in [0.29, 0.717) is 16.5 Å². The van der Waals surface area contributed by atoms with Gasteiger partial charge in [-0.3, -0.25) is 9.59 Å². The molecule has 0 saturated heterocycles. The monoisotopic (exact) mass is 408 g/mol. The van der Waals surface area contributed by atoms with Gasteiger partial charge >= 0.3 is 0 Å². The molecule has 0 spiro atoms. The molecule has 0 aliphatic rings. The van der Waals surface area contributed by atoms with Gasteiger partial charge < -0.3 is 19.6 Å². The summed E-state index contributed by atoms with van der Waals surface area (Å²) < 4.78 is 6.88. The predicted octanol–water partition coefficient (Wildman–Crippen LogP) is 3.85. The summed E-state index contributed by atoms with van der Waals surface area (Å²) in [5.41, 5.74) is 2.20. The van der Waals surface area contributed by atoms with Gasteiger partial charge in [0.1, 0.15) is 12.4 Å². The van der Waals surface area contributed by atoms with E-state index in [4.69, 9.17) is 16.0 Å². The highest BCUT2D eigenvalue weighted by atomic mass is 35.5. The number of para-hydroxylation sites is 2. The molecule has 0 atom stereocenters. The van der Waals surface area contributed by atoms with Crippen molar-refractivity contribution in [3.63, 3.8) is 0 Å². The number of amides is 2. The van der Waals surface area contributed by atoms with Gasteiger partial charge in [-0.05, 0) is 48.5 Å². The Kier molecular flexibility index (Phi) is 5.31. The largest absolute Gasteiger partial charge is 0.459 e. The second-order valence-corrected chi connectivity index (χ2v) is 6.75. The van der Waals surface area contributed by atoms with Gasteiger partial charge in [-0.2, -0.15) is 0 Å². The number of carbonyl (C=O) groups is 2. The Morgan fingerprint density at radius 1 is 1.03 bits per heavy atom. The van der Waals surface area contributed by atoms with Crippen molar-refractivity contribution in [2.45, 2.75) is 13.1 Å². The highest BCUT2D eigenvalue weighted by Gasteiger charge is 2.16. The number of nitrogens with one attached hydrogen (secondary N) is 2. The first-order valence-corrected chi connectivity index (χ1v) is 9.29. The summed E-state index contributed by atoms with van der Waals surface area (Å²) in [6.07, 6.45) is 1.44. The van der Waals surface area contributed by atoms with Crippen LogP contribution in [0.4, 0.5) is 5.69 Å². The summed E-state index contributed by atoms with van der Waals surface area (Å²) in [7, 11) is 0. The Balaban J connectivity index is 1.53. The van der Waals surface area contributed by atoms with Crippen molar-refractivity contribution in [1.29, 1.82) is 0 Å². The maximum absolute atomic E-state index is 12.6. The molecule has 29 heavy (non-hydrogen) atoms. The third-order valence-corrected chi connectivity index (χ3v) is 4.57. The van der Waals surface area contributed by atoms with Gasteiger partial charge in [0.2, 0.25) is 5.91 Å². The topological polar surface area (TPSA) is 89.2 Å². The molecule has 4 rings (SSSR count). The van der Waals surface area contributed by atoms with Crippen LogP contribution in [0.25, 0.3) is 11.0 Å². The van der Waals surface area contributed by atoms with Crippen molar-refractivity contribution in [2.75, 3.05) is 5.32 Å². The van der Waals surface area contributed by atoms with Crippen molar-refractivity contribution >= 4 is 40.1 Å². The molecule has 0 saturated carbocycles. The molecule has 2 heterocycles. The number of benzene rings is 2. The zero-order valence-corrected chi connectivity index (χ0v) is 16.0. The Morgan fingerprint density at radius 2 is 1.83 bits per heavy atom. The third kappa shape index (κ3) is 4.30. The van der Waals surface area contributed by atoms with Crippen LogP contribution >= 0.6 is 11.6 Å². The Hall–Kier alpha value is -3.58. The van der Waals surface area contributed by atoms with E-state index in [2.05, 4.69) is 15.6 Å². The zero-order valence-electron chi connectivity index (χ0n) is 15.3. The SMILES string of the molecule is O=C(Cn1c(CNC(=O)c2ccco2)nc2ccccc21)Nc1ccc(Cl)cc1. The number of nitrogens with zero attached hydrogens (tertiary/aromatic N) is 2. The van der Waals surface area contributed by atoms with Crippen LogP contribution in [0, 0.1) is 0 Å². The highest BCUT2D eigenvalue weighted by molar-refractivity contribution is 6.30. The number of fused-ring (bicyclic) bond motifs is 1. The summed E-state index contributed by atoms with van der Waals surface area (Å²) in [5, 5.41) is 6.20. The normalized spacial score (nSPS) is 10.8. The average Bonchev–Trinajstić information content (AvgIpc) is 3.37. The predicted molar refractivity (Wildman–Crippen MR) is 110 cm³/mol. The van der Waals surface area contributed by atoms with E-state index in [1.165, 1.54) is 6.26 Å². The second kappa shape index (κ2) is 8.20. The molecular weight excluding hydrogens is 392 g/mol. The number of aromatic nitrogens is 2. The second-order valence-electron chi connectivity index (χ2n) is 6.32. The molecule has 2 aromatic carbocycles. The minimum absolute atomic E-state index is 0.0507. The van der Waals surface area contributed by atoms with E-state index in [1.807, 2.05) is 24.3 Å². The number of anilines is 1. The fourth-order valence-corrected chi connectivity index (χ4v) is 3.09. The van der Waals surface area contributed by atoms with Crippen LogP contribution in [0.5, 0.6) is 0 Å². The molecular formula is C21H17ClN4O3. The van der Waals surface area contributed by atoms with Crippen molar-refractivity contribution in [1.82, 2.24) is 14.9 Å². The minimum atomic E-state index is -0.348. The van der Waals surface area contributed by atoms with Crippen LogP contribution in [0.15, 0.2) is 71.3 Å². The Bertz CT molecular complexity index is 1150. The minimum Gasteiger partial charge on any atom is -0.459 e. The molecule has 2 aromatic heterocycles. The van der Waals surface area contributed by atoms with E-state index in [1.54, 1.807) is 41.0 Å². The van der Waals surface area contributed by atoms with Gasteiger partial charge in [0.25, 0.3) is 5.91 Å². The molecule has 2 amide bonds. The summed E-state index contributed by atoms with van der Waals surface area (Å²) >= 11 is 5.88. The number of imidazole rings is 1. The van der Waals surface area contributed by atoms with Crippen molar-refractivity contribution < 1.29 is 14.0 Å². The number of furan rings is 1. The summed E-state index contributed by atoms with van der Waals surface area (Å²) in [4.78, 5) is 29.3. The quantitative estimate of drug-likeness (QED) is 0.507. The first-order valence-electron chi connectivity index (χ1n) is 8.91. The molecule has 0 unspecified atom stereocenters. The number of hydrogen-bond acceptors (Lipinski definition) is 4. The number of rotatable bonds is 6. The first kappa shape index (κ1) is 18.8. The van der Waals surface area contributed by atoms with Crippen LogP contribution in [0.1, 0.15) is 16.4 Å². The molecule has 0 radical (unpaired) electrons. The lowest BCUT2D eigenvalue weighted by atomic mass is 10.3. The molecule has 0 bridgehead atoms. The van der Waals surface area contributed by atoms with Gasteiger partial charge in [-0.1, -0.05) is 23.7 Å². The fourth-order valence-electron chi connectivity index (χ4n) is 2.97. The lowest BCUT2D eigenvalue weighted by Crippen LogP contribution is -2.26. The van der Waals surface area contributed by atoms with Crippen molar-refractivity contribution in [3.05, 3.63) is 83.5 Å². The van der Waals surface area contributed by atoms with E-state index in [9.17, 15) is 9.59 Å². The molecule has 4 aromatic rings. The van der Waals surface area contributed by atoms with E-state index in [-0.39, 0.29) is 30.7 Å². The van der Waals surface area contributed by atoms with Crippen LogP contribution in [-0.2, 0) is 17.9 Å². The molecule has 146 valence electrons. The van der Waals surface area contributed by atoms with Crippen molar-refractivity contribution in [3.8, 4) is 0 Å². The van der Waals surface area contributed by atoms with Gasteiger partial charge in [-0.25, -0.2) is 4.98 Å². The highest BCUT2D eigenvalue weighted by Crippen LogP contribution is 2.17. The van der Waals surface area contributed by atoms with Crippen LogP contribution in [-0.4, -0.2) is 21.4 Å². The van der Waals surface area contributed by atoms with Crippen LogP contribution in [0.3, 0.4) is 0 Å². The maximum atomic E-state index is 12.6. The fraction of sp³-hybridized carbons (Fsp3) is 0.0952. The van der Waals surface area contributed by atoms with Crippen molar-refractivity contribution in [2.24, 2.45) is 0 Å². The van der Waals surface area contributed by atoms with E-state index in [0.717, 1.165) is 11.0 Å². The summed E-state index contributed by atoms with van der Waals surface area (Å²) in [5.74, 6) is 0.221. The lowest BCUT2D eigenvalue weighted by Gasteiger charge is -2.11. The van der Waals surface area contributed by atoms with E-state index >= 15 is 0 Å². The maximum Gasteiger partial charge on any atom is 0.287 e. The summed E-state index contributed by atoms with van der Waals surface area (Å²) in [6, 6.07) is 17.6. The van der Waals surface area contributed by atoms with E-state index < -0.39 is 0 Å². The molecule has 2 N–H and O–H groups in total. The number of hydrogen-bond donors (Lipinski definition) is 2. The molecule has 0 aliphatic carbocycles. The Labute approximate surface area is 171 Å². The van der Waals surface area contributed by atoms with Crippen LogP contribution in [0.2, 0.25) is 5.02 Å². The third-order valence-electron chi connectivity index (χ3n) is 4.32. The summed E-state index contributed by atoms with van der Waals surface area (Å²) in [6.45, 7) is 0.206. The first-order chi connectivity index (χ1) is 14.1. The van der Waals surface area contributed by atoms with Gasteiger partial charge in [-0.15, -0.1) is 0 Å². The standard InChI is InChI=1S/C21H17ClN4O3/c22-14-7-9-15(10-8-14)24-20(27)13-26-17-5-2-1-4-16(17)25-19(26)12-23-21(28)18-6-3-11-29-18/h1-11H,12-13H2,(H,23,28)(H,24,27). The number of carbonyl (C=O) groups excluding carboxylic acids is 2. The zero-order chi connectivity index (χ0) is 20.2. The molecule has 7 nitrogen and oxygen atoms in total. The van der Waals surface area contributed by atoms with Gasteiger partial charge in [0, 0.05) is 10.7 Å². The van der Waals surface area contributed by atoms with Crippen LogP contribution < -0.4 is 10.6 Å². The molecule has 0 aliphatic heterocycles.